The highest BCUT2D eigenvalue weighted by atomic mass is 16.3. The van der Waals surface area contributed by atoms with Crippen LogP contribution in [-0.4, -0.2) is 39.4 Å². The summed E-state index contributed by atoms with van der Waals surface area (Å²) in [5.74, 6) is -0.784. The van der Waals surface area contributed by atoms with Crippen molar-refractivity contribution in [2.45, 2.75) is 38.4 Å². The van der Waals surface area contributed by atoms with E-state index in [4.69, 9.17) is 0 Å². The third-order valence-corrected chi connectivity index (χ3v) is 4.55. The Labute approximate surface area is 101 Å². The predicted octanol–water partition coefficient (Wildman–Crippen LogP) is 0.262. The lowest BCUT2D eigenvalue weighted by atomic mass is 9.55. The van der Waals surface area contributed by atoms with Crippen LogP contribution in [0.5, 0.6) is 0 Å². The Morgan fingerprint density at radius 3 is 2.65 bits per heavy atom. The lowest BCUT2D eigenvalue weighted by Gasteiger charge is -2.51. The second kappa shape index (κ2) is 3.90. The molecule has 2 rings (SSSR count). The number of aliphatic hydroxyl groups excluding tert-OH is 2. The zero-order valence-corrected chi connectivity index (χ0v) is 10.3. The van der Waals surface area contributed by atoms with Gasteiger partial charge in [0.25, 0.3) is 0 Å². The first-order valence-electron chi connectivity index (χ1n) is 6.07. The Balaban J connectivity index is 2.44. The minimum atomic E-state index is -1.32. The second-order valence-corrected chi connectivity index (χ2v) is 5.88. The fourth-order valence-corrected chi connectivity index (χ4v) is 3.33. The maximum Gasteiger partial charge on any atom is 0.159 e. The van der Waals surface area contributed by atoms with Crippen molar-refractivity contribution in [1.29, 1.82) is 0 Å². The number of allylic oxidation sites excluding steroid dienone is 1. The van der Waals surface area contributed by atoms with E-state index >= 15 is 0 Å². The van der Waals surface area contributed by atoms with Crippen molar-refractivity contribution in [2.24, 2.45) is 17.3 Å². The van der Waals surface area contributed by atoms with E-state index in [0.29, 0.717) is 12.8 Å². The highest BCUT2D eigenvalue weighted by Gasteiger charge is 2.55. The van der Waals surface area contributed by atoms with E-state index in [1.165, 1.54) is 12.2 Å². The zero-order chi connectivity index (χ0) is 12.8. The van der Waals surface area contributed by atoms with Crippen LogP contribution in [0.4, 0.5) is 0 Å². The number of hydrogen-bond donors (Lipinski definition) is 3. The Hall–Kier alpha value is -0.710. The molecule has 1 unspecified atom stereocenters. The minimum Gasteiger partial charge on any atom is -0.393 e. The summed E-state index contributed by atoms with van der Waals surface area (Å²) in [5.41, 5.74) is -1.89. The molecule has 2 aliphatic carbocycles. The van der Waals surface area contributed by atoms with Crippen molar-refractivity contribution in [2.75, 3.05) is 6.61 Å². The van der Waals surface area contributed by atoms with Crippen LogP contribution in [0.1, 0.15) is 26.7 Å². The normalized spacial score (nSPS) is 44.5. The number of ketones is 1. The molecule has 4 heteroatoms. The molecule has 3 N–H and O–H groups in total. The predicted molar refractivity (Wildman–Crippen MR) is 62.2 cm³/mol. The largest absolute Gasteiger partial charge is 0.393 e. The molecule has 0 heterocycles. The standard InChI is InChI=1S/C13H20O4/c1-12(2)10(16)4-3-8-11(12)9(15)5-6-13(8,17)7-14/h5-6,8,10-11,14,16-17H,3-4,7H2,1-2H3/t8?,10-,11-,13-/m0/s1. The number of carbonyl (C=O) groups is 1. The molecule has 0 aromatic carbocycles. The van der Waals surface area contributed by atoms with Gasteiger partial charge >= 0.3 is 0 Å². The van der Waals surface area contributed by atoms with E-state index in [1.54, 1.807) is 0 Å². The molecule has 0 radical (unpaired) electrons. The summed E-state index contributed by atoms with van der Waals surface area (Å²) < 4.78 is 0. The number of rotatable bonds is 1. The highest BCUT2D eigenvalue weighted by molar-refractivity contribution is 5.94. The first kappa shape index (κ1) is 12.7. The Bertz CT molecular complexity index is 360. The number of aliphatic hydroxyl groups is 3. The van der Waals surface area contributed by atoms with Crippen LogP contribution in [0.25, 0.3) is 0 Å². The van der Waals surface area contributed by atoms with Crippen molar-refractivity contribution in [1.82, 2.24) is 0 Å². The number of carbonyl (C=O) groups excluding carboxylic acids is 1. The molecule has 1 fully saturated rings. The molecule has 0 amide bonds. The van der Waals surface area contributed by atoms with Crippen molar-refractivity contribution >= 4 is 5.78 Å². The smallest absolute Gasteiger partial charge is 0.159 e. The molecule has 17 heavy (non-hydrogen) atoms. The summed E-state index contributed by atoms with van der Waals surface area (Å²) in [7, 11) is 0. The molecule has 0 aliphatic heterocycles. The number of fused-ring (bicyclic) bond motifs is 1. The molecular formula is C13H20O4. The van der Waals surface area contributed by atoms with Crippen molar-refractivity contribution in [3.05, 3.63) is 12.2 Å². The highest BCUT2D eigenvalue weighted by Crippen LogP contribution is 2.50. The van der Waals surface area contributed by atoms with Crippen molar-refractivity contribution in [3.63, 3.8) is 0 Å². The van der Waals surface area contributed by atoms with Crippen molar-refractivity contribution in [3.8, 4) is 0 Å². The van der Waals surface area contributed by atoms with E-state index in [-0.39, 0.29) is 18.3 Å². The second-order valence-electron chi connectivity index (χ2n) is 5.88. The fraction of sp³-hybridized carbons (Fsp3) is 0.769. The van der Waals surface area contributed by atoms with Gasteiger partial charge in [-0.25, -0.2) is 0 Å². The monoisotopic (exact) mass is 240 g/mol. The maximum absolute atomic E-state index is 12.0. The molecule has 0 spiro atoms. The van der Waals surface area contributed by atoms with Crippen LogP contribution in [0.3, 0.4) is 0 Å². The molecule has 0 aromatic heterocycles. The third-order valence-electron chi connectivity index (χ3n) is 4.55. The summed E-state index contributed by atoms with van der Waals surface area (Å²) in [6.45, 7) is 3.32. The van der Waals surface area contributed by atoms with Gasteiger partial charge < -0.3 is 15.3 Å². The van der Waals surface area contributed by atoms with E-state index in [2.05, 4.69) is 0 Å². The van der Waals surface area contributed by atoms with Gasteiger partial charge in [-0.1, -0.05) is 13.8 Å². The van der Waals surface area contributed by atoms with Crippen LogP contribution < -0.4 is 0 Å². The Kier molecular flexibility index (Phi) is 2.92. The number of hydrogen-bond acceptors (Lipinski definition) is 4. The van der Waals surface area contributed by atoms with E-state index < -0.39 is 23.0 Å². The van der Waals surface area contributed by atoms with Gasteiger partial charge in [-0.15, -0.1) is 0 Å². The van der Waals surface area contributed by atoms with E-state index in [0.717, 1.165) is 0 Å². The lowest BCUT2D eigenvalue weighted by Crippen LogP contribution is -2.58. The third kappa shape index (κ3) is 1.75. The average molecular weight is 240 g/mol. The van der Waals surface area contributed by atoms with Gasteiger partial charge in [0.1, 0.15) is 5.60 Å². The SMILES string of the molecule is CC1(C)[C@@H]2C(=O)C=C[C@](O)(CO)C2CC[C@@H]1O. The summed E-state index contributed by atoms with van der Waals surface area (Å²) >= 11 is 0. The van der Waals surface area contributed by atoms with Crippen molar-refractivity contribution < 1.29 is 20.1 Å². The molecule has 0 saturated heterocycles. The Morgan fingerprint density at radius 1 is 1.41 bits per heavy atom. The van der Waals surface area contributed by atoms with Crippen LogP contribution in [0, 0.1) is 17.3 Å². The molecule has 0 bridgehead atoms. The summed E-state index contributed by atoms with van der Waals surface area (Å²) in [6.07, 6.45) is 3.32. The maximum atomic E-state index is 12.0. The van der Waals surface area contributed by atoms with Gasteiger partial charge in [-0.2, -0.15) is 0 Å². The Morgan fingerprint density at radius 2 is 2.06 bits per heavy atom. The average Bonchev–Trinajstić information content (AvgIpc) is 2.28. The van der Waals surface area contributed by atoms with Crippen LogP contribution >= 0.6 is 0 Å². The fourth-order valence-electron chi connectivity index (χ4n) is 3.33. The van der Waals surface area contributed by atoms with Gasteiger partial charge in [-0.3, -0.25) is 4.79 Å². The molecular weight excluding hydrogens is 220 g/mol. The molecule has 96 valence electrons. The summed E-state index contributed by atoms with van der Waals surface area (Å²) in [6, 6.07) is 0. The van der Waals surface area contributed by atoms with Gasteiger partial charge in [0.2, 0.25) is 0 Å². The molecule has 4 nitrogen and oxygen atoms in total. The lowest BCUT2D eigenvalue weighted by molar-refractivity contribution is -0.155. The molecule has 0 aromatic rings. The van der Waals surface area contributed by atoms with Crippen LogP contribution in [-0.2, 0) is 4.79 Å². The first-order valence-corrected chi connectivity index (χ1v) is 6.07. The molecule has 4 atom stereocenters. The van der Waals surface area contributed by atoms with Crippen LogP contribution in [0.15, 0.2) is 12.2 Å². The van der Waals surface area contributed by atoms with Gasteiger partial charge in [0, 0.05) is 17.3 Å². The topological polar surface area (TPSA) is 77.8 Å². The first-order chi connectivity index (χ1) is 7.83. The van der Waals surface area contributed by atoms with Gasteiger partial charge in [-0.05, 0) is 25.0 Å². The summed E-state index contributed by atoms with van der Waals surface area (Å²) in [4.78, 5) is 12.0. The van der Waals surface area contributed by atoms with Gasteiger partial charge in [0.15, 0.2) is 5.78 Å². The molecule has 1 saturated carbocycles. The van der Waals surface area contributed by atoms with E-state index in [1.807, 2.05) is 13.8 Å². The van der Waals surface area contributed by atoms with Gasteiger partial charge in [0.05, 0.1) is 12.7 Å². The zero-order valence-electron chi connectivity index (χ0n) is 10.3. The molecule has 2 aliphatic rings. The minimum absolute atomic E-state index is 0.0584. The van der Waals surface area contributed by atoms with Crippen LogP contribution in [0.2, 0.25) is 0 Å². The quantitative estimate of drug-likeness (QED) is 0.614. The van der Waals surface area contributed by atoms with E-state index in [9.17, 15) is 20.1 Å². The summed E-state index contributed by atoms with van der Waals surface area (Å²) in [5, 5.41) is 29.7.